The van der Waals surface area contributed by atoms with Crippen LogP contribution in [0.3, 0.4) is 0 Å². The normalized spacial score (nSPS) is 23.3. The monoisotopic (exact) mass is 367 g/mol. The third-order valence-corrected chi connectivity index (χ3v) is 5.69. The Bertz CT molecular complexity index is 847. The molecular weight excluding hydrogens is 342 g/mol. The zero-order valence-corrected chi connectivity index (χ0v) is 15.3. The van der Waals surface area contributed by atoms with Gasteiger partial charge in [-0.05, 0) is 42.9 Å². The molecule has 1 aliphatic carbocycles. The maximum absolute atomic E-state index is 12.5. The van der Waals surface area contributed by atoms with Crippen LogP contribution in [-0.4, -0.2) is 46.0 Å². The highest BCUT2D eigenvalue weighted by atomic mass is 16.3. The molecular formula is C21H25N3O3. The van der Waals surface area contributed by atoms with E-state index >= 15 is 0 Å². The van der Waals surface area contributed by atoms with Crippen LogP contribution < -0.4 is 5.32 Å². The van der Waals surface area contributed by atoms with Crippen molar-refractivity contribution in [3.63, 3.8) is 0 Å². The first kappa shape index (κ1) is 17.9. The van der Waals surface area contributed by atoms with Gasteiger partial charge in [-0.15, -0.1) is 0 Å². The summed E-state index contributed by atoms with van der Waals surface area (Å²) in [5.41, 5.74) is 1.89. The van der Waals surface area contributed by atoms with Gasteiger partial charge in [-0.25, -0.2) is 0 Å². The Balaban J connectivity index is 1.46. The number of fused-ring (bicyclic) bond motifs is 1. The second kappa shape index (κ2) is 7.64. The van der Waals surface area contributed by atoms with Gasteiger partial charge in [0.1, 0.15) is 0 Å². The maximum Gasteiger partial charge on any atom is 0.222 e. The zero-order chi connectivity index (χ0) is 18.8. The Morgan fingerprint density at radius 1 is 1.33 bits per heavy atom. The number of nitrogens with one attached hydrogen (secondary N) is 1. The van der Waals surface area contributed by atoms with Crippen LogP contribution in [0.25, 0.3) is 10.9 Å². The van der Waals surface area contributed by atoms with Gasteiger partial charge >= 0.3 is 0 Å². The molecule has 1 saturated carbocycles. The lowest BCUT2D eigenvalue weighted by Crippen LogP contribution is -2.42. The minimum absolute atomic E-state index is 0.0609. The highest BCUT2D eigenvalue weighted by Gasteiger charge is 2.36. The average Bonchev–Trinajstić information content (AvgIpc) is 3.06. The number of hydrogen-bond acceptors (Lipinski definition) is 4. The number of aromatic nitrogens is 1. The first-order chi connectivity index (χ1) is 13.1. The molecule has 2 fully saturated rings. The van der Waals surface area contributed by atoms with Gasteiger partial charge in [0.25, 0.3) is 0 Å². The van der Waals surface area contributed by atoms with Crippen LogP contribution in [-0.2, 0) is 9.59 Å². The van der Waals surface area contributed by atoms with E-state index in [9.17, 15) is 14.7 Å². The summed E-state index contributed by atoms with van der Waals surface area (Å²) in [5.74, 6) is 0.287. The minimum atomic E-state index is -0.287. The summed E-state index contributed by atoms with van der Waals surface area (Å²) in [7, 11) is 0. The number of aliphatic hydroxyl groups is 1. The van der Waals surface area contributed by atoms with Gasteiger partial charge in [0.15, 0.2) is 0 Å². The van der Waals surface area contributed by atoms with Crippen LogP contribution in [0.1, 0.15) is 43.7 Å². The summed E-state index contributed by atoms with van der Waals surface area (Å²) in [6.45, 7) is 1.22. The molecule has 2 aliphatic rings. The number of carbonyl (C=O) groups is 2. The molecule has 6 nitrogen and oxygen atoms in total. The summed E-state index contributed by atoms with van der Waals surface area (Å²) in [6, 6.07) is 9.82. The van der Waals surface area contributed by atoms with E-state index < -0.39 is 0 Å². The fourth-order valence-corrected chi connectivity index (χ4v) is 4.06. The van der Waals surface area contributed by atoms with Crippen molar-refractivity contribution in [3.8, 4) is 0 Å². The topological polar surface area (TPSA) is 82.5 Å². The number of nitrogens with zero attached hydrogens (tertiary/aromatic N) is 2. The van der Waals surface area contributed by atoms with E-state index in [0.29, 0.717) is 32.2 Å². The minimum Gasteiger partial charge on any atom is -0.393 e. The number of carbonyl (C=O) groups excluding carboxylic acids is 2. The average molecular weight is 367 g/mol. The van der Waals surface area contributed by atoms with Crippen molar-refractivity contribution in [1.29, 1.82) is 0 Å². The third-order valence-electron chi connectivity index (χ3n) is 5.69. The van der Waals surface area contributed by atoms with Crippen LogP contribution in [0.4, 0.5) is 0 Å². The lowest BCUT2D eigenvalue weighted by Gasteiger charge is -2.38. The molecule has 27 heavy (non-hydrogen) atoms. The molecule has 1 aliphatic heterocycles. The van der Waals surface area contributed by atoms with Crippen molar-refractivity contribution in [2.75, 3.05) is 13.1 Å². The number of para-hydroxylation sites is 1. The molecule has 1 saturated heterocycles. The first-order valence-electron chi connectivity index (χ1n) is 9.70. The van der Waals surface area contributed by atoms with Crippen molar-refractivity contribution in [1.82, 2.24) is 15.2 Å². The van der Waals surface area contributed by atoms with E-state index in [4.69, 9.17) is 0 Å². The summed E-state index contributed by atoms with van der Waals surface area (Å²) in [4.78, 5) is 30.5. The number of pyridine rings is 1. The van der Waals surface area contributed by atoms with Gasteiger partial charge in [-0.3, -0.25) is 14.6 Å². The Morgan fingerprint density at radius 3 is 2.89 bits per heavy atom. The van der Waals surface area contributed by atoms with E-state index in [0.717, 1.165) is 29.4 Å². The Morgan fingerprint density at radius 2 is 2.15 bits per heavy atom. The molecule has 4 rings (SSSR count). The number of aliphatic hydroxyl groups excluding tert-OH is 1. The van der Waals surface area contributed by atoms with Crippen LogP contribution in [0.15, 0.2) is 36.5 Å². The molecule has 0 spiro atoms. The highest BCUT2D eigenvalue weighted by molar-refractivity contribution is 5.81. The standard InChI is InChI=1S/C21H25N3O3/c25-17-11-15(12-17)21(16-10-14-4-1-2-5-18(14)22-13-16)23-19(26)7-9-24-8-3-6-20(24)27/h1-2,4-5,10,13,15,17,21,25H,3,6-9,11-12H2,(H,23,26). The van der Waals surface area contributed by atoms with Gasteiger partial charge < -0.3 is 15.3 Å². The Labute approximate surface area is 158 Å². The van der Waals surface area contributed by atoms with Gasteiger partial charge in [0.05, 0.1) is 17.7 Å². The van der Waals surface area contributed by atoms with Crippen LogP contribution in [0.5, 0.6) is 0 Å². The number of amides is 2. The summed E-state index contributed by atoms with van der Waals surface area (Å²) in [6.07, 6.45) is 4.68. The fourth-order valence-electron chi connectivity index (χ4n) is 4.06. The molecule has 2 amide bonds. The summed E-state index contributed by atoms with van der Waals surface area (Å²) >= 11 is 0. The second-order valence-electron chi connectivity index (χ2n) is 7.63. The molecule has 1 aromatic carbocycles. The van der Waals surface area contributed by atoms with Gasteiger partial charge in [-0.1, -0.05) is 18.2 Å². The Hall–Kier alpha value is -2.47. The molecule has 1 aromatic heterocycles. The molecule has 0 bridgehead atoms. The quantitative estimate of drug-likeness (QED) is 0.820. The predicted molar refractivity (Wildman–Crippen MR) is 102 cm³/mol. The first-order valence-corrected chi connectivity index (χ1v) is 9.70. The zero-order valence-electron chi connectivity index (χ0n) is 15.3. The van der Waals surface area contributed by atoms with Crippen molar-refractivity contribution in [2.24, 2.45) is 5.92 Å². The van der Waals surface area contributed by atoms with Crippen molar-refractivity contribution < 1.29 is 14.7 Å². The molecule has 142 valence electrons. The smallest absolute Gasteiger partial charge is 0.222 e. The lowest BCUT2D eigenvalue weighted by molar-refractivity contribution is -0.128. The van der Waals surface area contributed by atoms with E-state index in [2.05, 4.69) is 16.4 Å². The summed E-state index contributed by atoms with van der Waals surface area (Å²) in [5, 5.41) is 13.9. The van der Waals surface area contributed by atoms with Gasteiger partial charge in [-0.2, -0.15) is 0 Å². The van der Waals surface area contributed by atoms with Gasteiger partial charge in [0.2, 0.25) is 11.8 Å². The van der Waals surface area contributed by atoms with Crippen LogP contribution in [0, 0.1) is 5.92 Å². The van der Waals surface area contributed by atoms with E-state index in [1.807, 2.05) is 30.5 Å². The molecule has 0 radical (unpaired) electrons. The molecule has 6 heteroatoms. The molecule has 1 atom stereocenters. The van der Waals surface area contributed by atoms with Crippen molar-refractivity contribution in [3.05, 3.63) is 42.1 Å². The largest absolute Gasteiger partial charge is 0.393 e. The predicted octanol–water partition coefficient (Wildman–Crippen LogP) is 2.18. The van der Waals surface area contributed by atoms with Gasteiger partial charge in [0, 0.05) is 37.5 Å². The molecule has 2 aromatic rings. The van der Waals surface area contributed by atoms with Crippen LogP contribution in [0.2, 0.25) is 0 Å². The summed E-state index contributed by atoms with van der Waals surface area (Å²) < 4.78 is 0. The third kappa shape index (κ3) is 3.95. The van der Waals surface area contributed by atoms with E-state index in [1.165, 1.54) is 0 Å². The number of rotatable bonds is 6. The SMILES string of the molecule is O=C(CCN1CCCC1=O)NC(c1cnc2ccccc2c1)C1CC(O)C1. The highest BCUT2D eigenvalue weighted by Crippen LogP contribution is 2.38. The number of benzene rings is 1. The number of hydrogen-bond donors (Lipinski definition) is 2. The van der Waals surface area contributed by atoms with Crippen LogP contribution >= 0.6 is 0 Å². The second-order valence-corrected chi connectivity index (χ2v) is 7.63. The molecule has 2 heterocycles. The van der Waals surface area contributed by atoms with Crippen molar-refractivity contribution in [2.45, 2.75) is 44.2 Å². The molecule has 2 N–H and O–H groups in total. The fraction of sp³-hybridized carbons (Fsp3) is 0.476. The Kier molecular flexibility index (Phi) is 5.07. The number of likely N-dealkylation sites (tertiary alicyclic amines) is 1. The lowest BCUT2D eigenvalue weighted by atomic mass is 9.75. The van der Waals surface area contributed by atoms with Crippen molar-refractivity contribution >= 4 is 22.7 Å². The maximum atomic E-state index is 12.5. The van der Waals surface area contributed by atoms with E-state index in [-0.39, 0.29) is 29.9 Å². The molecule has 1 unspecified atom stereocenters. The van der Waals surface area contributed by atoms with E-state index in [1.54, 1.807) is 4.90 Å².